The Balaban J connectivity index is 2.20. The fraction of sp³-hybridized carbons (Fsp3) is 0.727. The Morgan fingerprint density at radius 1 is 1.50 bits per heavy atom. The second-order valence-corrected chi connectivity index (χ2v) is 4.72. The van der Waals surface area contributed by atoms with Gasteiger partial charge in [-0.3, -0.25) is 4.79 Å². The fourth-order valence-electron chi connectivity index (χ4n) is 2.80. The SMILES string of the molecule is C=C1C[C@@H]2CC(=O)CC[C@]2(C)C1. The summed E-state index contributed by atoms with van der Waals surface area (Å²) in [5, 5.41) is 0. The van der Waals surface area contributed by atoms with Gasteiger partial charge in [-0.25, -0.2) is 0 Å². The lowest BCUT2D eigenvalue weighted by atomic mass is 9.69. The van der Waals surface area contributed by atoms with E-state index in [2.05, 4.69) is 13.5 Å². The van der Waals surface area contributed by atoms with Crippen LogP contribution in [0.5, 0.6) is 0 Å². The van der Waals surface area contributed by atoms with Crippen molar-refractivity contribution in [3.05, 3.63) is 12.2 Å². The van der Waals surface area contributed by atoms with Gasteiger partial charge in [0.1, 0.15) is 5.78 Å². The molecule has 12 heavy (non-hydrogen) atoms. The Kier molecular flexibility index (Phi) is 1.64. The molecule has 0 radical (unpaired) electrons. The lowest BCUT2D eigenvalue weighted by Gasteiger charge is -2.34. The molecule has 2 saturated carbocycles. The standard InChI is InChI=1S/C11H16O/c1-8-5-9-6-10(12)3-4-11(9,2)7-8/h9H,1,3-7H2,2H3/t9-,11-/m1/s1. The number of carbonyl (C=O) groups excluding carboxylic acids is 1. The summed E-state index contributed by atoms with van der Waals surface area (Å²) in [5.41, 5.74) is 1.78. The van der Waals surface area contributed by atoms with Crippen molar-refractivity contribution in [1.29, 1.82) is 0 Å². The zero-order valence-electron chi connectivity index (χ0n) is 7.73. The van der Waals surface area contributed by atoms with Gasteiger partial charge in [-0.15, -0.1) is 0 Å². The van der Waals surface area contributed by atoms with E-state index in [1.54, 1.807) is 0 Å². The number of fused-ring (bicyclic) bond motifs is 1. The van der Waals surface area contributed by atoms with Crippen molar-refractivity contribution in [2.45, 2.75) is 39.0 Å². The third kappa shape index (κ3) is 1.12. The van der Waals surface area contributed by atoms with Crippen LogP contribution >= 0.6 is 0 Å². The number of Topliss-reactive ketones (excluding diaryl/α,β-unsaturated/α-hetero) is 1. The van der Waals surface area contributed by atoms with Crippen LogP contribution in [0, 0.1) is 11.3 Å². The van der Waals surface area contributed by atoms with Gasteiger partial charge < -0.3 is 0 Å². The Morgan fingerprint density at radius 3 is 3.00 bits per heavy atom. The van der Waals surface area contributed by atoms with Gasteiger partial charge in [0.2, 0.25) is 0 Å². The molecule has 2 aliphatic carbocycles. The largest absolute Gasteiger partial charge is 0.300 e. The molecule has 0 unspecified atom stereocenters. The number of hydrogen-bond donors (Lipinski definition) is 0. The number of carbonyl (C=O) groups is 1. The van der Waals surface area contributed by atoms with Crippen molar-refractivity contribution >= 4 is 5.78 Å². The molecule has 66 valence electrons. The number of allylic oxidation sites excluding steroid dienone is 1. The first-order valence-electron chi connectivity index (χ1n) is 4.78. The van der Waals surface area contributed by atoms with E-state index in [0.29, 0.717) is 17.1 Å². The van der Waals surface area contributed by atoms with Crippen LogP contribution in [0.2, 0.25) is 0 Å². The first-order chi connectivity index (χ1) is 5.60. The molecule has 2 rings (SSSR count). The molecular formula is C11H16O. The summed E-state index contributed by atoms with van der Waals surface area (Å²) in [6.45, 7) is 6.36. The average Bonchev–Trinajstić information content (AvgIpc) is 2.24. The predicted molar refractivity (Wildman–Crippen MR) is 48.8 cm³/mol. The zero-order valence-corrected chi connectivity index (χ0v) is 7.73. The molecule has 0 bridgehead atoms. The minimum absolute atomic E-state index is 0.422. The maximum Gasteiger partial charge on any atom is 0.133 e. The van der Waals surface area contributed by atoms with Crippen LogP contribution in [0.1, 0.15) is 39.0 Å². The van der Waals surface area contributed by atoms with Crippen molar-refractivity contribution in [3.63, 3.8) is 0 Å². The predicted octanol–water partition coefficient (Wildman–Crippen LogP) is 2.71. The summed E-state index contributed by atoms with van der Waals surface area (Å²) in [4.78, 5) is 11.2. The first kappa shape index (κ1) is 8.03. The highest BCUT2D eigenvalue weighted by Crippen LogP contribution is 2.52. The molecule has 2 atom stereocenters. The van der Waals surface area contributed by atoms with Gasteiger partial charge >= 0.3 is 0 Å². The van der Waals surface area contributed by atoms with E-state index in [1.807, 2.05) is 0 Å². The molecule has 0 amide bonds. The molecule has 2 aliphatic rings. The van der Waals surface area contributed by atoms with Crippen molar-refractivity contribution < 1.29 is 4.79 Å². The normalized spacial score (nSPS) is 41.6. The van der Waals surface area contributed by atoms with Crippen LogP contribution in [-0.4, -0.2) is 5.78 Å². The van der Waals surface area contributed by atoms with E-state index in [4.69, 9.17) is 0 Å². The summed E-state index contributed by atoms with van der Waals surface area (Å²) in [6.07, 6.45) is 4.97. The molecule has 0 aromatic rings. The van der Waals surface area contributed by atoms with Crippen LogP contribution in [0.4, 0.5) is 0 Å². The quantitative estimate of drug-likeness (QED) is 0.503. The third-order valence-corrected chi connectivity index (χ3v) is 3.62. The molecule has 1 heteroatoms. The highest BCUT2D eigenvalue weighted by atomic mass is 16.1. The topological polar surface area (TPSA) is 17.1 Å². The molecule has 0 N–H and O–H groups in total. The van der Waals surface area contributed by atoms with Crippen molar-refractivity contribution in [3.8, 4) is 0 Å². The van der Waals surface area contributed by atoms with Gasteiger partial charge in [-0.2, -0.15) is 0 Å². The molecule has 0 aromatic carbocycles. The first-order valence-corrected chi connectivity index (χ1v) is 4.78. The van der Waals surface area contributed by atoms with Gasteiger partial charge in [0.15, 0.2) is 0 Å². The number of hydrogen-bond acceptors (Lipinski definition) is 1. The lowest BCUT2D eigenvalue weighted by Crippen LogP contribution is -2.29. The Labute approximate surface area is 73.8 Å². The molecule has 0 spiro atoms. The molecule has 1 nitrogen and oxygen atoms in total. The molecule has 0 aliphatic heterocycles. The smallest absolute Gasteiger partial charge is 0.133 e. The van der Waals surface area contributed by atoms with E-state index >= 15 is 0 Å². The minimum atomic E-state index is 0.422. The van der Waals surface area contributed by atoms with E-state index in [9.17, 15) is 4.79 Å². The summed E-state index contributed by atoms with van der Waals surface area (Å²) < 4.78 is 0. The zero-order chi connectivity index (χ0) is 8.77. The average molecular weight is 164 g/mol. The monoisotopic (exact) mass is 164 g/mol. The van der Waals surface area contributed by atoms with E-state index in [0.717, 1.165) is 32.1 Å². The summed E-state index contributed by atoms with van der Waals surface area (Å²) in [7, 11) is 0. The molecule has 0 saturated heterocycles. The maximum absolute atomic E-state index is 11.2. The Bertz CT molecular complexity index is 241. The second kappa shape index (κ2) is 2.45. The van der Waals surface area contributed by atoms with Crippen molar-refractivity contribution in [2.24, 2.45) is 11.3 Å². The van der Waals surface area contributed by atoms with Gasteiger partial charge in [-0.05, 0) is 30.6 Å². The Hall–Kier alpha value is -0.590. The van der Waals surface area contributed by atoms with Gasteiger partial charge in [-0.1, -0.05) is 19.1 Å². The van der Waals surface area contributed by atoms with Crippen LogP contribution in [0.25, 0.3) is 0 Å². The number of rotatable bonds is 0. The molecular weight excluding hydrogens is 148 g/mol. The summed E-state index contributed by atoms with van der Waals surface area (Å²) in [6, 6.07) is 0. The highest BCUT2D eigenvalue weighted by Gasteiger charge is 2.43. The maximum atomic E-state index is 11.2. The highest BCUT2D eigenvalue weighted by molar-refractivity contribution is 5.79. The molecule has 0 aromatic heterocycles. The van der Waals surface area contributed by atoms with Crippen LogP contribution in [0.3, 0.4) is 0 Å². The summed E-state index contributed by atoms with van der Waals surface area (Å²) >= 11 is 0. The van der Waals surface area contributed by atoms with E-state index in [-0.39, 0.29) is 0 Å². The fourth-order valence-corrected chi connectivity index (χ4v) is 2.80. The van der Waals surface area contributed by atoms with E-state index in [1.165, 1.54) is 5.57 Å². The van der Waals surface area contributed by atoms with Gasteiger partial charge in [0.25, 0.3) is 0 Å². The van der Waals surface area contributed by atoms with E-state index < -0.39 is 0 Å². The van der Waals surface area contributed by atoms with Gasteiger partial charge in [0, 0.05) is 12.8 Å². The van der Waals surface area contributed by atoms with Gasteiger partial charge in [0.05, 0.1) is 0 Å². The van der Waals surface area contributed by atoms with Crippen LogP contribution < -0.4 is 0 Å². The van der Waals surface area contributed by atoms with Crippen LogP contribution in [0.15, 0.2) is 12.2 Å². The van der Waals surface area contributed by atoms with Crippen molar-refractivity contribution in [2.75, 3.05) is 0 Å². The molecule has 2 fully saturated rings. The Morgan fingerprint density at radius 2 is 2.25 bits per heavy atom. The summed E-state index contributed by atoms with van der Waals surface area (Å²) in [5.74, 6) is 1.08. The minimum Gasteiger partial charge on any atom is -0.300 e. The molecule has 0 heterocycles. The second-order valence-electron chi connectivity index (χ2n) is 4.72. The third-order valence-electron chi connectivity index (χ3n) is 3.62. The lowest BCUT2D eigenvalue weighted by molar-refractivity contribution is -0.124. The van der Waals surface area contributed by atoms with Crippen molar-refractivity contribution in [1.82, 2.24) is 0 Å². The number of ketones is 1. The van der Waals surface area contributed by atoms with Crippen LogP contribution in [-0.2, 0) is 4.79 Å².